The molecule has 1 aromatic heterocycles. The Morgan fingerprint density at radius 2 is 2.08 bits per heavy atom. The van der Waals surface area contributed by atoms with Crippen molar-refractivity contribution in [2.45, 2.75) is 18.9 Å². The van der Waals surface area contributed by atoms with Gasteiger partial charge >= 0.3 is 0 Å². The first-order valence-electron chi connectivity index (χ1n) is 8.36. The Kier molecular flexibility index (Phi) is 2.77. The van der Waals surface area contributed by atoms with Crippen molar-refractivity contribution in [2.24, 2.45) is 0 Å². The van der Waals surface area contributed by atoms with Crippen molar-refractivity contribution >= 4 is 16.8 Å². The number of benzene rings is 2. The van der Waals surface area contributed by atoms with E-state index >= 15 is 0 Å². The SMILES string of the molecule is COc1ccc2[nH]c3c(c2c1)C(N1CCCC1=O)c1ccccc1-3. The minimum atomic E-state index is 0.00653. The Labute approximate surface area is 140 Å². The molecule has 1 N–H and O–H groups in total. The molecule has 1 fully saturated rings. The summed E-state index contributed by atoms with van der Waals surface area (Å²) in [5, 5.41) is 1.14. The molecule has 0 saturated carbocycles. The number of nitrogens with one attached hydrogen (secondary N) is 1. The van der Waals surface area contributed by atoms with Crippen molar-refractivity contribution in [1.82, 2.24) is 9.88 Å². The van der Waals surface area contributed by atoms with E-state index in [1.165, 1.54) is 16.7 Å². The van der Waals surface area contributed by atoms with Crippen molar-refractivity contribution in [3.8, 4) is 17.0 Å². The molecule has 1 saturated heterocycles. The number of amides is 1. The largest absolute Gasteiger partial charge is 0.497 e. The smallest absolute Gasteiger partial charge is 0.223 e. The molecule has 0 spiro atoms. The number of H-pyrrole nitrogens is 1. The number of aromatic amines is 1. The van der Waals surface area contributed by atoms with Crippen molar-refractivity contribution in [3.05, 3.63) is 53.6 Å². The quantitative estimate of drug-likeness (QED) is 0.779. The first kappa shape index (κ1) is 13.7. The summed E-state index contributed by atoms with van der Waals surface area (Å²) >= 11 is 0. The second-order valence-corrected chi connectivity index (χ2v) is 6.51. The van der Waals surface area contributed by atoms with Crippen molar-refractivity contribution in [2.75, 3.05) is 13.7 Å². The molecule has 24 heavy (non-hydrogen) atoms. The van der Waals surface area contributed by atoms with E-state index in [2.05, 4.69) is 41.4 Å². The van der Waals surface area contributed by atoms with Crippen LogP contribution in [0.5, 0.6) is 5.75 Å². The fraction of sp³-hybridized carbons (Fsp3) is 0.250. The average Bonchev–Trinajstić information content (AvgIpc) is 3.27. The van der Waals surface area contributed by atoms with Gasteiger partial charge in [-0.3, -0.25) is 4.79 Å². The molecule has 4 nitrogen and oxygen atoms in total. The highest BCUT2D eigenvalue weighted by atomic mass is 16.5. The van der Waals surface area contributed by atoms with Crippen LogP contribution in [0.15, 0.2) is 42.5 Å². The minimum absolute atomic E-state index is 0.00653. The molecule has 1 aliphatic heterocycles. The van der Waals surface area contributed by atoms with E-state index in [1.807, 2.05) is 11.0 Å². The first-order valence-corrected chi connectivity index (χ1v) is 8.36. The van der Waals surface area contributed by atoms with Gasteiger partial charge in [0.05, 0.1) is 18.8 Å². The second-order valence-electron chi connectivity index (χ2n) is 6.51. The highest BCUT2D eigenvalue weighted by Gasteiger charge is 2.39. The molecule has 5 rings (SSSR count). The molecule has 1 atom stereocenters. The van der Waals surface area contributed by atoms with Gasteiger partial charge in [-0.05, 0) is 30.2 Å². The Morgan fingerprint density at radius 3 is 2.88 bits per heavy atom. The lowest BCUT2D eigenvalue weighted by molar-refractivity contribution is -0.129. The Bertz CT molecular complexity index is 973. The summed E-state index contributed by atoms with van der Waals surface area (Å²) in [7, 11) is 1.68. The number of hydrogen-bond donors (Lipinski definition) is 1. The lowest BCUT2D eigenvalue weighted by Gasteiger charge is -2.26. The summed E-state index contributed by atoms with van der Waals surface area (Å²) in [5.74, 6) is 1.09. The van der Waals surface area contributed by atoms with Crippen molar-refractivity contribution in [1.29, 1.82) is 0 Å². The highest BCUT2D eigenvalue weighted by Crippen LogP contribution is 2.50. The third kappa shape index (κ3) is 1.71. The number of methoxy groups -OCH3 is 1. The molecule has 1 unspecified atom stereocenters. The summed E-state index contributed by atoms with van der Waals surface area (Å²) in [5.41, 5.74) is 5.86. The molecule has 1 amide bonds. The van der Waals surface area contributed by atoms with E-state index in [0.717, 1.165) is 35.3 Å². The number of ether oxygens (including phenoxy) is 1. The molecule has 4 heteroatoms. The van der Waals surface area contributed by atoms with Crippen LogP contribution in [0.1, 0.15) is 30.0 Å². The van der Waals surface area contributed by atoms with Gasteiger partial charge in [0.2, 0.25) is 5.91 Å². The molecule has 1 aliphatic carbocycles. The van der Waals surface area contributed by atoms with E-state index in [0.29, 0.717) is 6.42 Å². The topological polar surface area (TPSA) is 45.3 Å². The number of nitrogens with zero attached hydrogens (tertiary/aromatic N) is 1. The molecule has 0 bridgehead atoms. The molecule has 0 radical (unpaired) electrons. The standard InChI is InChI=1S/C20H18N2O2/c1-24-12-8-9-16-15(11-12)18-19(21-16)13-5-2-3-6-14(13)20(18)22-10-4-7-17(22)23/h2-3,5-6,8-9,11,20-21H,4,7,10H2,1H3. The molecule has 120 valence electrons. The molecular weight excluding hydrogens is 300 g/mol. The van der Waals surface area contributed by atoms with E-state index in [-0.39, 0.29) is 11.9 Å². The van der Waals surface area contributed by atoms with Gasteiger partial charge in [0.15, 0.2) is 0 Å². The van der Waals surface area contributed by atoms with Crippen molar-refractivity contribution < 1.29 is 9.53 Å². The van der Waals surface area contributed by atoms with Crippen LogP contribution in [-0.4, -0.2) is 29.4 Å². The predicted molar refractivity (Wildman–Crippen MR) is 93.1 cm³/mol. The maximum absolute atomic E-state index is 12.5. The lowest BCUT2D eigenvalue weighted by atomic mass is 10.0. The summed E-state index contributed by atoms with van der Waals surface area (Å²) in [4.78, 5) is 18.1. The lowest BCUT2D eigenvalue weighted by Crippen LogP contribution is -2.29. The number of hydrogen-bond acceptors (Lipinski definition) is 2. The van der Waals surface area contributed by atoms with Crippen LogP contribution in [0.25, 0.3) is 22.2 Å². The van der Waals surface area contributed by atoms with E-state index in [1.54, 1.807) is 7.11 Å². The number of carbonyl (C=O) groups excluding carboxylic acids is 1. The summed E-state index contributed by atoms with van der Waals surface area (Å²) in [6.45, 7) is 0.827. The van der Waals surface area contributed by atoms with Crippen LogP contribution < -0.4 is 4.74 Å². The maximum atomic E-state index is 12.5. The molecule has 2 aliphatic rings. The zero-order chi connectivity index (χ0) is 16.3. The monoisotopic (exact) mass is 318 g/mol. The third-order valence-electron chi connectivity index (χ3n) is 5.27. The third-order valence-corrected chi connectivity index (χ3v) is 5.27. The van der Waals surface area contributed by atoms with E-state index < -0.39 is 0 Å². The Morgan fingerprint density at radius 1 is 1.21 bits per heavy atom. The van der Waals surface area contributed by atoms with Gasteiger partial charge in [0, 0.05) is 35.0 Å². The van der Waals surface area contributed by atoms with Gasteiger partial charge < -0.3 is 14.6 Å². The van der Waals surface area contributed by atoms with E-state index in [4.69, 9.17) is 4.74 Å². The molecule has 3 aromatic rings. The Hall–Kier alpha value is -2.75. The normalized spacial score (nSPS) is 19.0. The fourth-order valence-corrected chi connectivity index (χ4v) is 4.20. The second kappa shape index (κ2) is 4.87. The summed E-state index contributed by atoms with van der Waals surface area (Å²) in [6, 6.07) is 14.5. The van der Waals surface area contributed by atoms with E-state index in [9.17, 15) is 4.79 Å². The summed E-state index contributed by atoms with van der Waals surface area (Å²) < 4.78 is 5.42. The zero-order valence-corrected chi connectivity index (χ0v) is 13.5. The fourth-order valence-electron chi connectivity index (χ4n) is 4.20. The van der Waals surface area contributed by atoms with Gasteiger partial charge in [0.1, 0.15) is 5.75 Å². The van der Waals surface area contributed by atoms with Crippen LogP contribution in [-0.2, 0) is 4.79 Å². The molecular formula is C20H18N2O2. The van der Waals surface area contributed by atoms with Crippen LogP contribution in [0.2, 0.25) is 0 Å². The maximum Gasteiger partial charge on any atom is 0.223 e. The highest BCUT2D eigenvalue weighted by molar-refractivity contribution is 5.97. The zero-order valence-electron chi connectivity index (χ0n) is 13.5. The van der Waals surface area contributed by atoms with Crippen molar-refractivity contribution in [3.63, 3.8) is 0 Å². The number of likely N-dealkylation sites (tertiary alicyclic amines) is 1. The first-order chi connectivity index (χ1) is 11.8. The van der Waals surface area contributed by atoms with Gasteiger partial charge in [-0.2, -0.15) is 0 Å². The number of carbonyl (C=O) groups is 1. The van der Waals surface area contributed by atoms with Crippen LogP contribution in [0, 0.1) is 0 Å². The van der Waals surface area contributed by atoms with Gasteiger partial charge in [-0.1, -0.05) is 24.3 Å². The molecule has 2 aromatic carbocycles. The van der Waals surface area contributed by atoms with Gasteiger partial charge in [0.25, 0.3) is 0 Å². The van der Waals surface area contributed by atoms with Crippen LogP contribution in [0.3, 0.4) is 0 Å². The predicted octanol–water partition coefficient (Wildman–Crippen LogP) is 3.87. The van der Waals surface area contributed by atoms with Crippen LogP contribution in [0.4, 0.5) is 0 Å². The van der Waals surface area contributed by atoms with Gasteiger partial charge in [-0.25, -0.2) is 0 Å². The minimum Gasteiger partial charge on any atom is -0.497 e. The Balaban J connectivity index is 1.81. The summed E-state index contributed by atoms with van der Waals surface area (Å²) in [6.07, 6.45) is 1.60. The number of fused-ring (bicyclic) bond motifs is 5. The average molecular weight is 318 g/mol. The number of rotatable bonds is 2. The van der Waals surface area contributed by atoms with Gasteiger partial charge in [-0.15, -0.1) is 0 Å². The number of aromatic nitrogens is 1. The molecule has 2 heterocycles. The van der Waals surface area contributed by atoms with Crippen LogP contribution >= 0.6 is 0 Å².